The van der Waals surface area contributed by atoms with Crippen LogP contribution in [0.1, 0.15) is 12.2 Å². The molecule has 2 heterocycles. The van der Waals surface area contributed by atoms with Crippen LogP contribution in [0.25, 0.3) is 0 Å². The van der Waals surface area contributed by atoms with E-state index in [1.807, 2.05) is 27.2 Å². The van der Waals surface area contributed by atoms with Crippen LogP contribution < -0.4 is 10.2 Å². The van der Waals surface area contributed by atoms with Gasteiger partial charge in [-0.3, -0.25) is 0 Å². The molecule has 0 spiro atoms. The summed E-state index contributed by atoms with van der Waals surface area (Å²) in [5.74, 6) is 2.24. The van der Waals surface area contributed by atoms with Gasteiger partial charge in [0.25, 0.3) is 0 Å². The van der Waals surface area contributed by atoms with Gasteiger partial charge in [0.15, 0.2) is 5.82 Å². The van der Waals surface area contributed by atoms with Gasteiger partial charge in [-0.15, -0.1) is 0 Å². The van der Waals surface area contributed by atoms with E-state index < -0.39 is 0 Å². The number of ether oxygens (including phenoxy) is 1. The number of β-amino-alcohol motifs (C(OH)–C–C–N with tert-alkyl or cyclic N) is 1. The van der Waals surface area contributed by atoms with Crippen LogP contribution in [0.3, 0.4) is 0 Å². The van der Waals surface area contributed by atoms with Crippen LogP contribution in [0.2, 0.25) is 0 Å². The summed E-state index contributed by atoms with van der Waals surface area (Å²) in [5, 5.41) is 13.0. The van der Waals surface area contributed by atoms with E-state index in [0.29, 0.717) is 19.0 Å². The smallest absolute Gasteiger partial charge is 0.158 e. The first-order valence-corrected chi connectivity index (χ1v) is 7.17. The van der Waals surface area contributed by atoms with Crippen molar-refractivity contribution in [2.45, 2.75) is 25.2 Å². The first kappa shape index (κ1) is 15.9. The molecule has 2 N–H and O–H groups in total. The van der Waals surface area contributed by atoms with Crippen molar-refractivity contribution in [2.24, 2.45) is 0 Å². The highest BCUT2D eigenvalue weighted by Crippen LogP contribution is 2.26. The van der Waals surface area contributed by atoms with Gasteiger partial charge in [0.2, 0.25) is 0 Å². The highest BCUT2D eigenvalue weighted by Gasteiger charge is 2.32. The van der Waals surface area contributed by atoms with Crippen molar-refractivity contribution in [3.63, 3.8) is 0 Å². The average molecular weight is 295 g/mol. The third-order valence-electron chi connectivity index (χ3n) is 3.55. The molecule has 2 rings (SSSR count). The Balaban J connectivity index is 2.27. The quantitative estimate of drug-likeness (QED) is 0.774. The van der Waals surface area contributed by atoms with Gasteiger partial charge in [0.05, 0.1) is 6.10 Å². The Bertz CT molecular complexity index is 469. The summed E-state index contributed by atoms with van der Waals surface area (Å²) in [6.45, 7) is 1.86. The van der Waals surface area contributed by atoms with Crippen molar-refractivity contribution in [3.8, 4) is 0 Å². The van der Waals surface area contributed by atoms with Crippen LogP contribution in [-0.4, -0.2) is 73.5 Å². The molecule has 1 fully saturated rings. The number of anilines is 2. The van der Waals surface area contributed by atoms with E-state index in [0.717, 1.165) is 24.6 Å². The minimum atomic E-state index is -0.311. The van der Waals surface area contributed by atoms with Gasteiger partial charge in [-0.2, -0.15) is 0 Å². The zero-order valence-corrected chi connectivity index (χ0v) is 13.2. The maximum Gasteiger partial charge on any atom is 0.158 e. The van der Waals surface area contributed by atoms with Crippen LogP contribution >= 0.6 is 0 Å². The van der Waals surface area contributed by atoms with Crippen molar-refractivity contribution >= 4 is 11.6 Å². The molecule has 118 valence electrons. The van der Waals surface area contributed by atoms with Gasteiger partial charge in [0.1, 0.15) is 18.2 Å². The Labute approximate surface area is 125 Å². The number of hydrogen-bond donors (Lipinski definition) is 2. The number of hydrogen-bond acceptors (Lipinski definition) is 7. The molecule has 1 aromatic rings. The van der Waals surface area contributed by atoms with Crippen molar-refractivity contribution < 1.29 is 9.84 Å². The van der Waals surface area contributed by atoms with Gasteiger partial charge in [-0.25, -0.2) is 9.97 Å². The Hall–Kier alpha value is -1.44. The Morgan fingerprint density at radius 1 is 1.48 bits per heavy atom. The lowest BCUT2D eigenvalue weighted by atomic mass is 10.2. The number of rotatable bonds is 6. The number of nitrogens with zero attached hydrogens (tertiary/aromatic N) is 4. The summed E-state index contributed by atoms with van der Waals surface area (Å²) < 4.78 is 5.13. The fourth-order valence-corrected chi connectivity index (χ4v) is 2.72. The van der Waals surface area contributed by atoms with Crippen LogP contribution in [0.5, 0.6) is 0 Å². The van der Waals surface area contributed by atoms with Crippen LogP contribution in [0.15, 0.2) is 6.07 Å². The minimum absolute atomic E-state index is 0.255. The number of aliphatic hydroxyl groups excluding tert-OH is 1. The molecule has 1 aliphatic rings. The summed E-state index contributed by atoms with van der Waals surface area (Å²) >= 11 is 0. The number of nitrogens with one attached hydrogen (secondary N) is 1. The molecule has 0 aliphatic carbocycles. The fraction of sp³-hybridized carbons (Fsp3) is 0.714. The first-order valence-electron chi connectivity index (χ1n) is 7.17. The Morgan fingerprint density at radius 2 is 2.24 bits per heavy atom. The van der Waals surface area contributed by atoms with E-state index in [2.05, 4.69) is 25.1 Å². The van der Waals surface area contributed by atoms with Gasteiger partial charge in [0, 0.05) is 39.4 Å². The first-order chi connectivity index (χ1) is 10.0. The summed E-state index contributed by atoms with van der Waals surface area (Å²) in [5.41, 5.74) is 0. The molecule has 0 aromatic carbocycles. The van der Waals surface area contributed by atoms with Crippen LogP contribution in [0, 0.1) is 0 Å². The largest absolute Gasteiger partial charge is 0.391 e. The van der Waals surface area contributed by atoms with E-state index in [1.165, 1.54) is 0 Å². The summed E-state index contributed by atoms with van der Waals surface area (Å²) in [6.07, 6.45) is 0.449. The van der Waals surface area contributed by atoms with Crippen molar-refractivity contribution in [1.29, 1.82) is 0 Å². The van der Waals surface area contributed by atoms with Crippen molar-refractivity contribution in [1.82, 2.24) is 14.9 Å². The maximum atomic E-state index is 10.00. The molecule has 0 saturated carbocycles. The summed E-state index contributed by atoms with van der Waals surface area (Å²) in [4.78, 5) is 13.2. The van der Waals surface area contributed by atoms with E-state index >= 15 is 0 Å². The van der Waals surface area contributed by atoms with Gasteiger partial charge < -0.3 is 25.0 Å². The average Bonchev–Trinajstić information content (AvgIpc) is 2.78. The molecule has 1 aromatic heterocycles. The molecule has 1 aliphatic heterocycles. The number of likely N-dealkylation sites (N-methyl/N-ethyl adjacent to an activating group) is 1. The summed E-state index contributed by atoms with van der Waals surface area (Å²) in [7, 11) is 7.54. The van der Waals surface area contributed by atoms with Gasteiger partial charge in [-0.1, -0.05) is 0 Å². The second-order valence-corrected chi connectivity index (χ2v) is 5.67. The van der Waals surface area contributed by atoms with Crippen LogP contribution in [0.4, 0.5) is 11.6 Å². The minimum Gasteiger partial charge on any atom is -0.391 e. The predicted octanol–water partition coefficient (Wildman–Crippen LogP) is 0.166. The van der Waals surface area contributed by atoms with E-state index in [9.17, 15) is 5.11 Å². The second kappa shape index (κ2) is 7.02. The molecular weight excluding hydrogens is 270 g/mol. The maximum absolute atomic E-state index is 10.00. The molecule has 2 atom stereocenters. The number of aromatic nitrogens is 2. The lowest BCUT2D eigenvalue weighted by Gasteiger charge is -2.28. The predicted molar refractivity (Wildman–Crippen MR) is 82.6 cm³/mol. The summed E-state index contributed by atoms with van der Waals surface area (Å²) in [6, 6.07) is 2.17. The molecule has 0 bridgehead atoms. The van der Waals surface area contributed by atoms with E-state index in [1.54, 1.807) is 7.11 Å². The normalized spacial score (nSPS) is 22.1. The Morgan fingerprint density at radius 3 is 2.86 bits per heavy atom. The Kier molecular flexibility index (Phi) is 5.33. The monoisotopic (exact) mass is 295 g/mol. The third-order valence-corrected chi connectivity index (χ3v) is 3.55. The molecule has 7 nitrogen and oxygen atoms in total. The lowest BCUT2D eigenvalue weighted by Crippen LogP contribution is -2.38. The van der Waals surface area contributed by atoms with Crippen molar-refractivity contribution in [2.75, 3.05) is 51.6 Å². The van der Waals surface area contributed by atoms with E-state index in [4.69, 9.17) is 4.74 Å². The zero-order chi connectivity index (χ0) is 15.4. The molecule has 0 amide bonds. The molecule has 0 radical (unpaired) electrons. The van der Waals surface area contributed by atoms with Gasteiger partial charge in [-0.05, 0) is 20.5 Å². The number of methoxy groups -OCH3 is 1. The van der Waals surface area contributed by atoms with E-state index in [-0.39, 0.29) is 12.1 Å². The van der Waals surface area contributed by atoms with Gasteiger partial charge >= 0.3 is 0 Å². The molecule has 2 unspecified atom stereocenters. The second-order valence-electron chi connectivity index (χ2n) is 5.67. The topological polar surface area (TPSA) is 73.8 Å². The molecule has 21 heavy (non-hydrogen) atoms. The van der Waals surface area contributed by atoms with Crippen molar-refractivity contribution in [3.05, 3.63) is 11.9 Å². The molecule has 7 heteroatoms. The fourth-order valence-electron chi connectivity index (χ4n) is 2.72. The number of aliphatic hydroxyl groups is 1. The lowest BCUT2D eigenvalue weighted by molar-refractivity contribution is 0.178. The highest BCUT2D eigenvalue weighted by molar-refractivity contribution is 5.51. The molecular formula is C14H25N5O2. The standard InChI is InChI=1S/C14H25N5O2/c1-15-12-6-14(17-13(16-12)9-21-4)19-8-11(20)5-10(19)7-18(2)3/h6,10-11,20H,5,7-9H2,1-4H3,(H,15,16,17). The SMILES string of the molecule is CNc1cc(N2CC(O)CC2CN(C)C)nc(COC)n1. The zero-order valence-electron chi connectivity index (χ0n) is 13.2. The highest BCUT2D eigenvalue weighted by atomic mass is 16.5. The third kappa shape index (κ3) is 4.03. The molecule has 1 saturated heterocycles. The van der Waals surface area contributed by atoms with Crippen LogP contribution in [-0.2, 0) is 11.3 Å².